The molecule has 0 unspecified atom stereocenters. The second-order valence-electron chi connectivity index (χ2n) is 12.4. The summed E-state index contributed by atoms with van der Waals surface area (Å²) in [7, 11) is 0. The Kier molecular flexibility index (Phi) is 12.6. The van der Waals surface area contributed by atoms with Gasteiger partial charge in [0, 0.05) is 20.1 Å². The summed E-state index contributed by atoms with van der Waals surface area (Å²) >= 11 is 7.68. The first kappa shape index (κ1) is 33.8. The number of fused-ring (bicyclic) bond motifs is 3. The number of halogens is 2. The SMILES string of the molecule is CCCCCCCCOc1ccccc1C1(c2ccccc2OCCCCCCCC)c2cc(Br)ccc2-c2ccc(Br)cc21. The van der Waals surface area contributed by atoms with E-state index in [1.54, 1.807) is 0 Å². The minimum absolute atomic E-state index is 0.617. The first-order valence-electron chi connectivity index (χ1n) is 17.2. The van der Waals surface area contributed by atoms with Crippen LogP contribution in [0.25, 0.3) is 11.1 Å². The van der Waals surface area contributed by atoms with Gasteiger partial charge in [-0.1, -0.05) is 158 Å². The molecule has 0 bridgehead atoms. The Morgan fingerprint density at radius 3 is 1.31 bits per heavy atom. The summed E-state index contributed by atoms with van der Waals surface area (Å²) in [5.74, 6) is 1.88. The van der Waals surface area contributed by atoms with Crippen LogP contribution in [-0.4, -0.2) is 13.2 Å². The molecule has 1 aliphatic carbocycles. The monoisotopic (exact) mass is 730 g/mol. The van der Waals surface area contributed by atoms with E-state index < -0.39 is 5.41 Å². The van der Waals surface area contributed by atoms with E-state index in [4.69, 9.17) is 9.47 Å². The zero-order valence-electron chi connectivity index (χ0n) is 27.1. The van der Waals surface area contributed by atoms with E-state index in [9.17, 15) is 0 Å². The second kappa shape index (κ2) is 16.8. The van der Waals surface area contributed by atoms with Crippen LogP contribution in [0.3, 0.4) is 0 Å². The van der Waals surface area contributed by atoms with Gasteiger partial charge in [-0.15, -0.1) is 0 Å². The van der Waals surface area contributed by atoms with Crippen molar-refractivity contribution in [2.45, 2.75) is 96.3 Å². The fraction of sp³-hybridized carbons (Fsp3) is 0.415. The summed E-state index contributed by atoms with van der Waals surface area (Å²) < 4.78 is 15.6. The summed E-state index contributed by atoms with van der Waals surface area (Å²) in [6.07, 6.45) is 14.9. The van der Waals surface area contributed by atoms with Crippen molar-refractivity contribution in [3.63, 3.8) is 0 Å². The van der Waals surface area contributed by atoms with Crippen LogP contribution < -0.4 is 9.47 Å². The zero-order chi connectivity index (χ0) is 31.5. The Hall–Kier alpha value is -2.56. The molecule has 0 amide bonds. The van der Waals surface area contributed by atoms with Gasteiger partial charge < -0.3 is 9.47 Å². The van der Waals surface area contributed by atoms with Crippen LogP contribution >= 0.6 is 31.9 Å². The van der Waals surface area contributed by atoms with Gasteiger partial charge in [0.1, 0.15) is 11.5 Å². The maximum Gasteiger partial charge on any atom is 0.124 e. The quantitative estimate of drug-likeness (QED) is 0.0835. The van der Waals surface area contributed by atoms with Gasteiger partial charge in [-0.05, 0) is 71.5 Å². The van der Waals surface area contributed by atoms with Gasteiger partial charge in [0.15, 0.2) is 0 Å². The molecular weight excluding hydrogens is 684 g/mol. The highest BCUT2D eigenvalue weighted by molar-refractivity contribution is 9.10. The smallest absolute Gasteiger partial charge is 0.124 e. The molecule has 4 heteroatoms. The van der Waals surface area contributed by atoms with Crippen LogP contribution in [0.4, 0.5) is 0 Å². The van der Waals surface area contributed by atoms with Crippen molar-refractivity contribution < 1.29 is 9.47 Å². The molecule has 45 heavy (non-hydrogen) atoms. The van der Waals surface area contributed by atoms with Gasteiger partial charge in [-0.3, -0.25) is 0 Å². The van der Waals surface area contributed by atoms with E-state index >= 15 is 0 Å². The van der Waals surface area contributed by atoms with Crippen molar-refractivity contribution in [3.05, 3.63) is 116 Å². The molecule has 5 rings (SSSR count). The predicted molar refractivity (Wildman–Crippen MR) is 197 cm³/mol. The number of para-hydroxylation sites is 2. The molecule has 0 heterocycles. The van der Waals surface area contributed by atoms with Crippen molar-refractivity contribution in [3.8, 4) is 22.6 Å². The average molecular weight is 733 g/mol. The largest absolute Gasteiger partial charge is 0.493 e. The van der Waals surface area contributed by atoms with Crippen LogP contribution in [0.2, 0.25) is 0 Å². The lowest BCUT2D eigenvalue weighted by atomic mass is 9.67. The van der Waals surface area contributed by atoms with Crippen LogP contribution in [0.1, 0.15) is 113 Å². The number of rotatable bonds is 18. The van der Waals surface area contributed by atoms with E-state index in [-0.39, 0.29) is 0 Å². The summed E-state index contributed by atoms with van der Waals surface area (Å²) in [5.41, 5.74) is 6.68. The standard InChI is InChI=1S/C41H48Br2O2/c1-3-5-7-9-11-17-27-44-39-21-15-13-19-35(39)41(36-20-14-16-22-40(36)45-28-18-12-10-8-6-4-2)37-29-31(42)23-25-33(37)34-26-24-32(43)30-38(34)41/h13-16,19-26,29-30H,3-12,17-18,27-28H2,1-2H3. The third-order valence-electron chi connectivity index (χ3n) is 9.15. The molecule has 0 aromatic heterocycles. The Morgan fingerprint density at radius 1 is 0.467 bits per heavy atom. The summed E-state index contributed by atoms with van der Waals surface area (Å²) in [6.45, 7) is 5.96. The van der Waals surface area contributed by atoms with Crippen LogP contribution in [0.5, 0.6) is 11.5 Å². The fourth-order valence-corrected chi connectivity index (χ4v) is 7.65. The minimum atomic E-state index is -0.617. The van der Waals surface area contributed by atoms with Crippen molar-refractivity contribution in [1.82, 2.24) is 0 Å². The molecule has 0 radical (unpaired) electrons. The van der Waals surface area contributed by atoms with Gasteiger partial charge in [0.2, 0.25) is 0 Å². The molecule has 4 aromatic carbocycles. The van der Waals surface area contributed by atoms with E-state index in [1.165, 1.54) is 86.5 Å². The van der Waals surface area contributed by atoms with Gasteiger partial charge >= 0.3 is 0 Å². The van der Waals surface area contributed by atoms with Crippen molar-refractivity contribution in [2.24, 2.45) is 0 Å². The number of hydrogen-bond donors (Lipinski definition) is 0. The topological polar surface area (TPSA) is 18.5 Å². The maximum absolute atomic E-state index is 6.71. The van der Waals surface area contributed by atoms with Crippen molar-refractivity contribution >= 4 is 31.9 Å². The molecule has 0 aliphatic heterocycles. The zero-order valence-corrected chi connectivity index (χ0v) is 30.2. The predicted octanol–water partition coefficient (Wildman–Crippen LogP) is 13.1. The van der Waals surface area contributed by atoms with E-state index in [0.717, 1.165) is 44.4 Å². The van der Waals surface area contributed by atoms with Gasteiger partial charge in [0.25, 0.3) is 0 Å². The lowest BCUT2D eigenvalue weighted by Crippen LogP contribution is -2.30. The first-order chi connectivity index (χ1) is 22.1. The van der Waals surface area contributed by atoms with E-state index in [2.05, 4.69) is 131 Å². The molecule has 1 aliphatic rings. The van der Waals surface area contributed by atoms with Crippen LogP contribution in [-0.2, 0) is 5.41 Å². The molecule has 0 spiro atoms. The summed E-state index contributed by atoms with van der Waals surface area (Å²) in [6, 6.07) is 30.8. The van der Waals surface area contributed by atoms with Gasteiger partial charge in [-0.2, -0.15) is 0 Å². The van der Waals surface area contributed by atoms with Crippen molar-refractivity contribution in [2.75, 3.05) is 13.2 Å². The second-order valence-corrected chi connectivity index (χ2v) is 14.2. The number of hydrogen-bond acceptors (Lipinski definition) is 2. The number of unbranched alkanes of at least 4 members (excludes halogenated alkanes) is 10. The Bertz CT molecular complexity index is 1410. The number of ether oxygens (including phenoxy) is 2. The molecule has 0 N–H and O–H groups in total. The maximum atomic E-state index is 6.71. The molecule has 0 fully saturated rings. The van der Waals surface area contributed by atoms with E-state index in [1.807, 2.05) is 0 Å². The highest BCUT2D eigenvalue weighted by Gasteiger charge is 2.49. The molecule has 0 saturated carbocycles. The van der Waals surface area contributed by atoms with E-state index in [0.29, 0.717) is 13.2 Å². The lowest BCUT2D eigenvalue weighted by molar-refractivity contribution is 0.294. The molecule has 0 atom stereocenters. The van der Waals surface area contributed by atoms with Crippen LogP contribution in [0, 0.1) is 0 Å². The first-order valence-corrected chi connectivity index (χ1v) is 18.7. The minimum Gasteiger partial charge on any atom is -0.493 e. The lowest BCUT2D eigenvalue weighted by Gasteiger charge is -2.36. The van der Waals surface area contributed by atoms with Crippen molar-refractivity contribution in [1.29, 1.82) is 0 Å². The highest BCUT2D eigenvalue weighted by Crippen LogP contribution is 2.60. The fourth-order valence-electron chi connectivity index (χ4n) is 6.93. The molecule has 4 aromatic rings. The third-order valence-corrected chi connectivity index (χ3v) is 10.1. The average Bonchev–Trinajstić information content (AvgIpc) is 3.33. The summed E-state index contributed by atoms with van der Waals surface area (Å²) in [4.78, 5) is 0. The normalized spacial score (nSPS) is 13.0. The van der Waals surface area contributed by atoms with Gasteiger partial charge in [-0.25, -0.2) is 0 Å². The summed E-state index contributed by atoms with van der Waals surface area (Å²) in [5, 5.41) is 0. The Morgan fingerprint density at radius 2 is 0.867 bits per heavy atom. The van der Waals surface area contributed by atoms with Crippen LogP contribution in [0.15, 0.2) is 93.9 Å². The third kappa shape index (κ3) is 7.71. The molecule has 2 nitrogen and oxygen atoms in total. The molecule has 238 valence electrons. The highest BCUT2D eigenvalue weighted by atomic mass is 79.9. The molecule has 0 saturated heterocycles. The Labute approximate surface area is 288 Å². The Balaban J connectivity index is 1.59. The number of benzene rings is 4. The molecular formula is C41H48Br2O2. The van der Waals surface area contributed by atoms with Gasteiger partial charge in [0.05, 0.1) is 18.6 Å².